The lowest BCUT2D eigenvalue weighted by atomic mass is 9.86. The number of anilines is 1. The van der Waals surface area contributed by atoms with E-state index in [2.05, 4.69) is 32.1 Å². The molecule has 39 heavy (non-hydrogen) atoms. The van der Waals surface area contributed by atoms with Crippen LogP contribution in [0.1, 0.15) is 55.5 Å². The molecule has 0 aliphatic heterocycles. The van der Waals surface area contributed by atoms with Gasteiger partial charge in [0.15, 0.2) is 0 Å². The number of rotatable bonds is 9. The molecule has 0 saturated heterocycles. The zero-order valence-corrected chi connectivity index (χ0v) is 21.8. The molecule has 5 N–H and O–H groups in total. The molecule has 3 aromatic heterocycles. The minimum atomic E-state index is -1.66. The van der Waals surface area contributed by atoms with Crippen LogP contribution < -0.4 is 16.0 Å². The van der Waals surface area contributed by atoms with E-state index in [0.29, 0.717) is 29.2 Å². The summed E-state index contributed by atoms with van der Waals surface area (Å²) in [5.74, 6) is -0.283. The number of nitriles is 1. The van der Waals surface area contributed by atoms with Crippen LogP contribution >= 0.6 is 0 Å². The highest BCUT2D eigenvalue weighted by atomic mass is 19.1. The smallest absolute Gasteiger partial charge is 0.404 e. The minimum absolute atomic E-state index is 0.0403. The van der Waals surface area contributed by atoms with Crippen LogP contribution in [0.5, 0.6) is 0 Å². The number of carbonyl (C=O) groups is 2. The summed E-state index contributed by atoms with van der Waals surface area (Å²) in [5, 5.41) is 40.7. The number of aliphatic hydroxyl groups is 1. The predicted octanol–water partition coefficient (Wildman–Crippen LogP) is 3.35. The predicted molar refractivity (Wildman–Crippen MR) is 142 cm³/mol. The summed E-state index contributed by atoms with van der Waals surface area (Å²) < 4.78 is 16.0. The number of alkyl halides is 1. The Hall–Kier alpha value is -4.24. The molecular formula is C27H32FN7O4. The Morgan fingerprint density at radius 3 is 2.62 bits per heavy atom. The van der Waals surface area contributed by atoms with Gasteiger partial charge in [0.2, 0.25) is 0 Å². The summed E-state index contributed by atoms with van der Waals surface area (Å²) in [5.41, 5.74) is 1.52. The van der Waals surface area contributed by atoms with Gasteiger partial charge in [0.05, 0.1) is 52.1 Å². The fraction of sp³-hybridized carbons (Fsp3) is 0.444. The third-order valence-corrected chi connectivity index (χ3v) is 7.00. The van der Waals surface area contributed by atoms with E-state index in [1.165, 1.54) is 26.2 Å². The summed E-state index contributed by atoms with van der Waals surface area (Å²) >= 11 is 0. The Kier molecular flexibility index (Phi) is 8.30. The quantitative estimate of drug-likeness (QED) is 0.277. The maximum atomic E-state index is 14.3. The first-order valence-electron chi connectivity index (χ1n) is 12.8. The van der Waals surface area contributed by atoms with Gasteiger partial charge in [0, 0.05) is 18.8 Å². The van der Waals surface area contributed by atoms with Crippen LogP contribution in [0.2, 0.25) is 0 Å². The lowest BCUT2D eigenvalue weighted by Crippen LogP contribution is -2.42. The number of halogens is 1. The summed E-state index contributed by atoms with van der Waals surface area (Å²) in [6.07, 6.45) is 3.40. The topological polar surface area (TPSA) is 165 Å². The number of carboxylic acid groups (broad SMARTS) is 1. The Balaban J connectivity index is 1.58. The van der Waals surface area contributed by atoms with Crippen molar-refractivity contribution in [1.82, 2.24) is 25.2 Å². The van der Waals surface area contributed by atoms with Crippen molar-refractivity contribution in [2.75, 3.05) is 18.4 Å². The molecular weight excluding hydrogens is 505 g/mol. The molecule has 1 atom stereocenters. The molecule has 0 aromatic carbocycles. The highest BCUT2D eigenvalue weighted by Gasteiger charge is 2.28. The molecule has 3 aromatic rings. The van der Waals surface area contributed by atoms with Crippen molar-refractivity contribution in [2.45, 2.75) is 57.3 Å². The lowest BCUT2D eigenvalue weighted by Gasteiger charge is -2.30. The molecule has 4 rings (SSSR count). The van der Waals surface area contributed by atoms with Gasteiger partial charge in [-0.05, 0) is 69.7 Å². The first-order valence-corrected chi connectivity index (χ1v) is 12.8. The Labute approximate surface area is 225 Å². The van der Waals surface area contributed by atoms with Gasteiger partial charge < -0.3 is 26.2 Å². The molecule has 0 bridgehead atoms. The Morgan fingerprint density at radius 2 is 1.95 bits per heavy atom. The maximum Gasteiger partial charge on any atom is 0.404 e. The van der Waals surface area contributed by atoms with Gasteiger partial charge in [0.1, 0.15) is 12.2 Å². The van der Waals surface area contributed by atoms with Gasteiger partial charge in [-0.1, -0.05) is 0 Å². The monoisotopic (exact) mass is 537 g/mol. The van der Waals surface area contributed by atoms with E-state index in [1.54, 1.807) is 16.6 Å². The highest BCUT2D eigenvalue weighted by Crippen LogP contribution is 2.30. The van der Waals surface area contributed by atoms with Crippen molar-refractivity contribution in [3.63, 3.8) is 0 Å². The van der Waals surface area contributed by atoms with Crippen molar-refractivity contribution in [3.05, 3.63) is 47.8 Å². The van der Waals surface area contributed by atoms with E-state index in [9.17, 15) is 19.1 Å². The molecule has 1 aliphatic carbocycles. The first kappa shape index (κ1) is 27.8. The van der Waals surface area contributed by atoms with Crippen LogP contribution in [0, 0.1) is 17.2 Å². The molecule has 12 heteroatoms. The normalized spacial score (nSPS) is 18.2. The van der Waals surface area contributed by atoms with Gasteiger partial charge in [-0.15, -0.1) is 0 Å². The Bertz CT molecular complexity index is 1390. The zero-order valence-electron chi connectivity index (χ0n) is 21.8. The van der Waals surface area contributed by atoms with Crippen LogP contribution in [0.4, 0.5) is 14.9 Å². The SMILES string of the molecule is CC(C)(O)[C@H](F)CNC(=O)c1cnc(-c2ccc3cc(C#N)cnn23)cc1N[C@H]1CC[C@H](CNC(=O)O)CC1. The number of aromatic nitrogens is 3. The lowest BCUT2D eigenvalue weighted by molar-refractivity contribution is -0.00177. The first-order chi connectivity index (χ1) is 18.5. The number of fused-ring (bicyclic) bond motifs is 1. The maximum absolute atomic E-state index is 14.3. The van der Waals surface area contributed by atoms with Crippen molar-refractivity contribution in [3.8, 4) is 17.5 Å². The molecule has 1 fully saturated rings. The number of hydrogen-bond acceptors (Lipinski definition) is 7. The van der Waals surface area contributed by atoms with Crippen LogP contribution in [0.15, 0.2) is 36.7 Å². The summed E-state index contributed by atoms with van der Waals surface area (Å²) in [4.78, 5) is 28.4. The zero-order chi connectivity index (χ0) is 28.2. The number of carbonyl (C=O) groups excluding carboxylic acids is 1. The molecule has 206 valence electrons. The van der Waals surface area contributed by atoms with E-state index < -0.39 is 23.8 Å². The molecule has 0 unspecified atom stereocenters. The highest BCUT2D eigenvalue weighted by molar-refractivity contribution is 6.00. The second-order valence-electron chi connectivity index (χ2n) is 10.4. The molecule has 0 radical (unpaired) electrons. The van der Waals surface area contributed by atoms with E-state index in [0.717, 1.165) is 31.2 Å². The van der Waals surface area contributed by atoms with Gasteiger partial charge in [-0.25, -0.2) is 13.7 Å². The number of hydrogen-bond donors (Lipinski definition) is 5. The second kappa shape index (κ2) is 11.7. The summed E-state index contributed by atoms with van der Waals surface area (Å²) in [6.45, 7) is 2.72. The number of nitrogens with zero attached hydrogens (tertiary/aromatic N) is 4. The fourth-order valence-corrected chi connectivity index (χ4v) is 4.64. The van der Waals surface area contributed by atoms with Gasteiger partial charge >= 0.3 is 6.09 Å². The fourth-order valence-electron chi connectivity index (χ4n) is 4.64. The standard InChI is InChI=1S/C27H32FN7O4/c1-27(2,39)24(28)15-31-25(36)20-14-30-22(23-8-7-19-9-17(11-29)13-33-35(19)23)10-21(20)34-18-5-3-16(4-6-18)12-32-26(37)38/h7-10,13-14,16,18,24,32,39H,3-6,12,15H2,1-2H3,(H,30,34)(H,31,36)(H,37,38)/t16-,18-,24-/m1/s1. The van der Waals surface area contributed by atoms with E-state index in [-0.39, 0.29) is 24.1 Å². The molecule has 3 heterocycles. The Morgan fingerprint density at radius 1 is 1.21 bits per heavy atom. The van der Waals surface area contributed by atoms with Crippen LogP contribution in [-0.4, -0.2) is 67.7 Å². The minimum Gasteiger partial charge on any atom is -0.465 e. The molecule has 1 saturated carbocycles. The average Bonchev–Trinajstić information content (AvgIpc) is 3.33. The summed E-state index contributed by atoms with van der Waals surface area (Å²) in [6, 6.07) is 9.22. The van der Waals surface area contributed by atoms with E-state index in [1.807, 2.05) is 12.1 Å². The largest absolute Gasteiger partial charge is 0.465 e. The molecule has 11 nitrogen and oxygen atoms in total. The third-order valence-electron chi connectivity index (χ3n) is 7.00. The number of pyridine rings is 1. The van der Waals surface area contributed by atoms with Crippen molar-refractivity contribution < 1.29 is 24.2 Å². The van der Waals surface area contributed by atoms with Gasteiger partial charge in [-0.2, -0.15) is 10.4 Å². The van der Waals surface area contributed by atoms with Crippen LogP contribution in [-0.2, 0) is 0 Å². The van der Waals surface area contributed by atoms with E-state index >= 15 is 0 Å². The summed E-state index contributed by atoms with van der Waals surface area (Å²) in [7, 11) is 0. The number of nitrogens with one attached hydrogen (secondary N) is 3. The second-order valence-corrected chi connectivity index (χ2v) is 10.4. The number of amides is 2. The van der Waals surface area contributed by atoms with Crippen molar-refractivity contribution >= 4 is 23.2 Å². The molecule has 0 spiro atoms. The third kappa shape index (κ3) is 6.80. The van der Waals surface area contributed by atoms with Crippen LogP contribution in [0.25, 0.3) is 16.9 Å². The van der Waals surface area contributed by atoms with Crippen molar-refractivity contribution in [2.24, 2.45) is 5.92 Å². The average molecular weight is 538 g/mol. The van der Waals surface area contributed by atoms with Crippen molar-refractivity contribution in [1.29, 1.82) is 5.26 Å². The van der Waals surface area contributed by atoms with Crippen LogP contribution in [0.3, 0.4) is 0 Å². The van der Waals surface area contributed by atoms with E-state index in [4.69, 9.17) is 10.4 Å². The molecule has 1 aliphatic rings. The van der Waals surface area contributed by atoms with Gasteiger partial charge in [0.25, 0.3) is 5.91 Å². The van der Waals surface area contributed by atoms with Gasteiger partial charge in [-0.3, -0.25) is 9.78 Å². The molecule has 2 amide bonds.